The quantitative estimate of drug-likeness (QED) is 0.662. The van der Waals surface area contributed by atoms with E-state index in [1.54, 1.807) is 19.2 Å². The van der Waals surface area contributed by atoms with E-state index in [4.69, 9.17) is 16.3 Å². The summed E-state index contributed by atoms with van der Waals surface area (Å²) in [5.41, 5.74) is 2.90. The molecule has 0 unspecified atom stereocenters. The van der Waals surface area contributed by atoms with E-state index in [2.05, 4.69) is 36.3 Å². The fraction of sp³-hybridized carbons (Fsp3) is 0.263. The SMILES string of the molecule is COc1ccc(Cl)c2sc(NC(=O)Cc3ccc(C(C)C)cc3)nc12. The fourth-order valence-corrected chi connectivity index (χ4v) is 3.71. The van der Waals surface area contributed by atoms with Crippen molar-refractivity contribution in [1.82, 2.24) is 4.98 Å². The van der Waals surface area contributed by atoms with Crippen LogP contribution >= 0.6 is 22.9 Å². The molecule has 0 saturated carbocycles. The molecule has 0 atom stereocenters. The minimum absolute atomic E-state index is 0.105. The third-order valence-electron chi connectivity index (χ3n) is 3.94. The second-order valence-electron chi connectivity index (χ2n) is 6.07. The second kappa shape index (κ2) is 7.42. The number of fused-ring (bicyclic) bond motifs is 1. The molecular formula is C19H19ClN2O2S. The Hall–Kier alpha value is -2.11. The van der Waals surface area contributed by atoms with Crippen molar-refractivity contribution >= 4 is 44.2 Å². The molecule has 1 N–H and O–H groups in total. The predicted molar refractivity (Wildman–Crippen MR) is 104 cm³/mol. The Labute approximate surface area is 155 Å². The summed E-state index contributed by atoms with van der Waals surface area (Å²) in [6.45, 7) is 4.29. The summed E-state index contributed by atoms with van der Waals surface area (Å²) in [5, 5.41) is 3.96. The zero-order chi connectivity index (χ0) is 18.0. The topological polar surface area (TPSA) is 51.2 Å². The van der Waals surface area contributed by atoms with Gasteiger partial charge in [-0.25, -0.2) is 4.98 Å². The van der Waals surface area contributed by atoms with Crippen LogP contribution in [0.25, 0.3) is 10.2 Å². The van der Waals surface area contributed by atoms with E-state index in [-0.39, 0.29) is 5.91 Å². The Morgan fingerprint density at radius 2 is 1.96 bits per heavy atom. The van der Waals surface area contributed by atoms with Crippen LogP contribution in [0.15, 0.2) is 36.4 Å². The van der Waals surface area contributed by atoms with Crippen molar-refractivity contribution in [3.8, 4) is 5.75 Å². The number of hydrogen-bond acceptors (Lipinski definition) is 4. The van der Waals surface area contributed by atoms with Crippen LogP contribution in [0.3, 0.4) is 0 Å². The molecule has 0 spiro atoms. The summed E-state index contributed by atoms with van der Waals surface area (Å²) in [7, 11) is 1.58. The summed E-state index contributed by atoms with van der Waals surface area (Å²) in [4.78, 5) is 16.7. The number of halogens is 1. The standard InChI is InChI=1S/C19H19ClN2O2S/c1-11(2)13-6-4-12(5-7-13)10-16(23)21-19-22-17-15(24-3)9-8-14(20)18(17)25-19/h4-9,11H,10H2,1-3H3,(H,21,22,23). The molecule has 3 aromatic rings. The number of amides is 1. The van der Waals surface area contributed by atoms with E-state index in [1.807, 2.05) is 12.1 Å². The molecule has 1 heterocycles. The Morgan fingerprint density at radius 1 is 1.24 bits per heavy atom. The zero-order valence-electron chi connectivity index (χ0n) is 14.3. The molecule has 130 valence electrons. The van der Waals surface area contributed by atoms with Crippen molar-refractivity contribution in [3.05, 3.63) is 52.5 Å². The Bertz CT molecular complexity index is 904. The van der Waals surface area contributed by atoms with E-state index >= 15 is 0 Å². The highest BCUT2D eigenvalue weighted by molar-refractivity contribution is 7.23. The first-order chi connectivity index (χ1) is 12.0. The van der Waals surface area contributed by atoms with Gasteiger partial charge in [0.1, 0.15) is 11.3 Å². The van der Waals surface area contributed by atoms with Gasteiger partial charge in [-0.3, -0.25) is 4.79 Å². The molecule has 4 nitrogen and oxygen atoms in total. The van der Waals surface area contributed by atoms with Crippen LogP contribution in [0.4, 0.5) is 5.13 Å². The smallest absolute Gasteiger partial charge is 0.230 e. The highest BCUT2D eigenvalue weighted by atomic mass is 35.5. The highest BCUT2D eigenvalue weighted by Crippen LogP contribution is 2.37. The minimum atomic E-state index is -0.105. The third-order valence-corrected chi connectivity index (χ3v) is 5.37. The van der Waals surface area contributed by atoms with Gasteiger partial charge >= 0.3 is 0 Å². The van der Waals surface area contributed by atoms with E-state index < -0.39 is 0 Å². The lowest BCUT2D eigenvalue weighted by molar-refractivity contribution is -0.115. The van der Waals surface area contributed by atoms with Crippen molar-refractivity contribution in [2.24, 2.45) is 0 Å². The number of thiazole rings is 1. The molecule has 2 aromatic carbocycles. The Balaban J connectivity index is 1.74. The zero-order valence-corrected chi connectivity index (χ0v) is 15.9. The fourth-order valence-electron chi connectivity index (χ4n) is 2.54. The average Bonchev–Trinajstić information content (AvgIpc) is 3.00. The number of ether oxygens (including phenoxy) is 1. The molecule has 0 radical (unpaired) electrons. The van der Waals surface area contributed by atoms with Gasteiger partial charge < -0.3 is 10.1 Å². The summed E-state index contributed by atoms with van der Waals surface area (Å²) in [6, 6.07) is 11.7. The Morgan fingerprint density at radius 3 is 2.60 bits per heavy atom. The van der Waals surface area contributed by atoms with Gasteiger partial charge in [-0.2, -0.15) is 0 Å². The third kappa shape index (κ3) is 3.94. The van der Waals surface area contributed by atoms with Crippen molar-refractivity contribution < 1.29 is 9.53 Å². The van der Waals surface area contributed by atoms with E-state index in [0.29, 0.717) is 33.8 Å². The lowest BCUT2D eigenvalue weighted by Gasteiger charge is -2.06. The van der Waals surface area contributed by atoms with Gasteiger partial charge in [0, 0.05) is 0 Å². The summed E-state index contributed by atoms with van der Waals surface area (Å²) < 4.78 is 6.10. The van der Waals surface area contributed by atoms with Crippen LogP contribution in [-0.2, 0) is 11.2 Å². The first-order valence-electron chi connectivity index (χ1n) is 7.99. The number of aromatic nitrogens is 1. The summed E-state index contributed by atoms with van der Waals surface area (Å²) in [6.07, 6.45) is 0.305. The molecule has 1 aromatic heterocycles. The molecule has 0 bridgehead atoms. The first-order valence-corrected chi connectivity index (χ1v) is 9.19. The van der Waals surface area contributed by atoms with E-state index in [1.165, 1.54) is 16.9 Å². The van der Waals surface area contributed by atoms with Crippen LogP contribution in [0.2, 0.25) is 5.02 Å². The van der Waals surface area contributed by atoms with Crippen LogP contribution in [0.1, 0.15) is 30.9 Å². The molecule has 1 amide bonds. The van der Waals surface area contributed by atoms with Crippen molar-refractivity contribution in [2.45, 2.75) is 26.2 Å². The molecule has 3 rings (SSSR count). The molecule has 0 fully saturated rings. The van der Waals surface area contributed by atoms with Crippen LogP contribution in [0, 0.1) is 0 Å². The van der Waals surface area contributed by atoms with Crippen molar-refractivity contribution in [2.75, 3.05) is 12.4 Å². The van der Waals surface area contributed by atoms with Gasteiger partial charge in [0.05, 0.1) is 23.3 Å². The lowest BCUT2D eigenvalue weighted by Crippen LogP contribution is -2.14. The van der Waals surface area contributed by atoms with Crippen LogP contribution in [-0.4, -0.2) is 18.0 Å². The summed E-state index contributed by atoms with van der Waals surface area (Å²) >= 11 is 7.55. The van der Waals surface area contributed by atoms with E-state index in [9.17, 15) is 4.79 Å². The molecule has 0 aliphatic rings. The number of methoxy groups -OCH3 is 1. The number of carbonyl (C=O) groups excluding carboxylic acids is 1. The maximum atomic E-state index is 12.3. The number of carbonyl (C=O) groups is 1. The molecule has 25 heavy (non-hydrogen) atoms. The number of anilines is 1. The maximum Gasteiger partial charge on any atom is 0.230 e. The second-order valence-corrected chi connectivity index (χ2v) is 7.47. The summed E-state index contributed by atoms with van der Waals surface area (Å²) in [5.74, 6) is 1.01. The van der Waals surface area contributed by atoms with E-state index in [0.717, 1.165) is 10.3 Å². The molecule has 0 aliphatic heterocycles. The van der Waals surface area contributed by atoms with Crippen molar-refractivity contribution in [3.63, 3.8) is 0 Å². The van der Waals surface area contributed by atoms with Crippen LogP contribution in [0.5, 0.6) is 5.75 Å². The Kier molecular flexibility index (Phi) is 5.25. The predicted octanol–water partition coefficient (Wildman–Crippen LogP) is 5.26. The van der Waals surface area contributed by atoms with Gasteiger partial charge in [-0.1, -0.05) is 61.1 Å². The molecule has 6 heteroatoms. The van der Waals surface area contributed by atoms with Crippen molar-refractivity contribution in [1.29, 1.82) is 0 Å². The van der Waals surface area contributed by atoms with Gasteiger partial charge in [0.2, 0.25) is 5.91 Å². The molecular weight excluding hydrogens is 356 g/mol. The number of hydrogen-bond donors (Lipinski definition) is 1. The number of benzene rings is 2. The van der Waals surface area contributed by atoms with Gasteiger partial charge in [0.25, 0.3) is 0 Å². The molecule has 0 saturated heterocycles. The number of rotatable bonds is 5. The first kappa shape index (κ1) is 17.7. The molecule has 0 aliphatic carbocycles. The van der Waals surface area contributed by atoms with Gasteiger partial charge in [-0.05, 0) is 29.2 Å². The highest BCUT2D eigenvalue weighted by Gasteiger charge is 2.14. The maximum absolute atomic E-state index is 12.3. The monoisotopic (exact) mass is 374 g/mol. The lowest BCUT2D eigenvalue weighted by atomic mass is 10.0. The van der Waals surface area contributed by atoms with Crippen LogP contribution < -0.4 is 10.1 Å². The van der Waals surface area contributed by atoms with Gasteiger partial charge in [-0.15, -0.1) is 0 Å². The van der Waals surface area contributed by atoms with Gasteiger partial charge in [0.15, 0.2) is 5.13 Å². The minimum Gasteiger partial charge on any atom is -0.494 e. The normalized spacial score (nSPS) is 11.1. The largest absolute Gasteiger partial charge is 0.494 e. The number of nitrogens with zero attached hydrogens (tertiary/aromatic N) is 1. The number of nitrogens with one attached hydrogen (secondary N) is 1. The average molecular weight is 375 g/mol.